The summed E-state index contributed by atoms with van der Waals surface area (Å²) in [4.78, 5) is 3.62. The maximum Gasteiger partial charge on any atom is 0.204 e. The number of aryl methyl sites for hydroxylation is 1. The molecule has 0 spiro atoms. The van der Waals surface area contributed by atoms with Gasteiger partial charge in [-0.15, -0.1) is 10.2 Å². The first kappa shape index (κ1) is 10.5. The molecule has 1 fully saturated rings. The maximum absolute atomic E-state index is 9.87. The van der Waals surface area contributed by atoms with Gasteiger partial charge in [0, 0.05) is 6.54 Å². The largest absolute Gasteiger partial charge is 0.384 e. The van der Waals surface area contributed by atoms with E-state index in [1.54, 1.807) is 7.05 Å². The number of piperidine rings is 1. The normalized spacial score (nSPS) is 20.4. The van der Waals surface area contributed by atoms with E-state index in [0.29, 0.717) is 12.4 Å². The zero-order valence-corrected chi connectivity index (χ0v) is 9.00. The molecule has 2 heterocycles. The third kappa shape index (κ3) is 2.73. The van der Waals surface area contributed by atoms with Crippen LogP contribution in [0.15, 0.2) is 0 Å². The van der Waals surface area contributed by atoms with Gasteiger partial charge in [-0.25, -0.2) is 0 Å². The van der Waals surface area contributed by atoms with Crippen molar-refractivity contribution in [2.45, 2.75) is 25.4 Å². The minimum absolute atomic E-state index is 0.420. The van der Waals surface area contributed by atoms with Crippen molar-refractivity contribution < 1.29 is 5.11 Å². The molecule has 1 atom stereocenters. The minimum atomic E-state index is -0.614. The minimum Gasteiger partial charge on any atom is -0.384 e. The Morgan fingerprint density at radius 3 is 2.67 bits per heavy atom. The van der Waals surface area contributed by atoms with Crippen LogP contribution in [0.2, 0.25) is 0 Å². The predicted octanol–water partition coefficient (Wildman–Crippen LogP) is -0.271. The molecule has 0 bridgehead atoms. The average Bonchev–Trinajstić information content (AvgIpc) is 2.66. The van der Waals surface area contributed by atoms with E-state index in [2.05, 4.69) is 20.3 Å². The molecule has 15 heavy (non-hydrogen) atoms. The van der Waals surface area contributed by atoms with Crippen LogP contribution < -0.4 is 0 Å². The summed E-state index contributed by atoms with van der Waals surface area (Å²) in [5.74, 6) is 0.420. The third-order valence-electron chi connectivity index (χ3n) is 2.70. The SMILES string of the molecule is Cn1nnc(C(O)CN2CCCCC2)n1. The molecule has 0 aliphatic carbocycles. The van der Waals surface area contributed by atoms with Crippen LogP contribution >= 0.6 is 0 Å². The highest BCUT2D eigenvalue weighted by atomic mass is 16.3. The quantitative estimate of drug-likeness (QED) is 0.745. The maximum atomic E-state index is 9.87. The number of aliphatic hydroxyl groups excluding tert-OH is 1. The fourth-order valence-corrected chi connectivity index (χ4v) is 1.90. The Bertz CT molecular complexity index is 307. The van der Waals surface area contributed by atoms with Gasteiger partial charge in [0.25, 0.3) is 0 Å². The molecule has 84 valence electrons. The number of tetrazole rings is 1. The highest BCUT2D eigenvalue weighted by molar-refractivity contribution is 4.86. The number of hydrogen-bond acceptors (Lipinski definition) is 5. The molecule has 1 aromatic rings. The predicted molar refractivity (Wildman–Crippen MR) is 54.0 cm³/mol. The van der Waals surface area contributed by atoms with Gasteiger partial charge in [0.2, 0.25) is 5.82 Å². The van der Waals surface area contributed by atoms with Crippen molar-refractivity contribution in [2.75, 3.05) is 19.6 Å². The summed E-state index contributed by atoms with van der Waals surface area (Å²) in [6.45, 7) is 2.75. The lowest BCUT2D eigenvalue weighted by Crippen LogP contribution is -2.33. The van der Waals surface area contributed by atoms with E-state index in [1.807, 2.05) is 0 Å². The van der Waals surface area contributed by atoms with Crippen molar-refractivity contribution in [3.8, 4) is 0 Å². The van der Waals surface area contributed by atoms with Gasteiger partial charge < -0.3 is 10.0 Å². The Morgan fingerprint density at radius 1 is 1.33 bits per heavy atom. The van der Waals surface area contributed by atoms with Gasteiger partial charge in [0.1, 0.15) is 6.10 Å². The van der Waals surface area contributed by atoms with E-state index >= 15 is 0 Å². The molecule has 0 aromatic carbocycles. The number of likely N-dealkylation sites (tertiary alicyclic amines) is 1. The molecule has 1 unspecified atom stereocenters. The van der Waals surface area contributed by atoms with Gasteiger partial charge in [-0.2, -0.15) is 4.80 Å². The lowest BCUT2D eigenvalue weighted by Gasteiger charge is -2.27. The summed E-state index contributed by atoms with van der Waals surface area (Å²) in [5, 5.41) is 21.4. The van der Waals surface area contributed by atoms with Crippen molar-refractivity contribution in [3.05, 3.63) is 5.82 Å². The van der Waals surface area contributed by atoms with E-state index in [0.717, 1.165) is 13.1 Å². The highest BCUT2D eigenvalue weighted by Crippen LogP contribution is 2.13. The smallest absolute Gasteiger partial charge is 0.204 e. The number of nitrogens with zero attached hydrogens (tertiary/aromatic N) is 5. The van der Waals surface area contributed by atoms with Crippen LogP contribution in [-0.2, 0) is 7.05 Å². The van der Waals surface area contributed by atoms with Crippen LogP contribution in [0, 0.1) is 0 Å². The van der Waals surface area contributed by atoms with Crippen LogP contribution in [0.4, 0.5) is 0 Å². The fraction of sp³-hybridized carbons (Fsp3) is 0.889. The van der Waals surface area contributed by atoms with E-state index in [1.165, 1.54) is 24.1 Å². The lowest BCUT2D eigenvalue weighted by molar-refractivity contribution is 0.0950. The summed E-state index contributed by atoms with van der Waals surface area (Å²) < 4.78 is 0. The zero-order chi connectivity index (χ0) is 10.7. The van der Waals surface area contributed by atoms with E-state index < -0.39 is 6.10 Å². The molecule has 2 rings (SSSR count). The lowest BCUT2D eigenvalue weighted by atomic mass is 10.1. The number of aliphatic hydroxyl groups is 1. The van der Waals surface area contributed by atoms with Crippen LogP contribution in [0.5, 0.6) is 0 Å². The van der Waals surface area contributed by atoms with Crippen molar-refractivity contribution in [2.24, 2.45) is 7.05 Å². The molecule has 1 aromatic heterocycles. The number of β-amino-alcohol motifs (C(OH)–C–C–N with tert-alkyl or cyclic N) is 1. The second kappa shape index (κ2) is 4.67. The third-order valence-corrected chi connectivity index (χ3v) is 2.70. The van der Waals surface area contributed by atoms with Crippen LogP contribution in [0.25, 0.3) is 0 Å². The Hall–Kier alpha value is -1.01. The Labute approximate surface area is 88.9 Å². The fourth-order valence-electron chi connectivity index (χ4n) is 1.90. The topological polar surface area (TPSA) is 67.1 Å². The second-order valence-electron chi connectivity index (χ2n) is 4.01. The number of hydrogen-bond donors (Lipinski definition) is 1. The summed E-state index contributed by atoms with van der Waals surface area (Å²) in [6.07, 6.45) is 3.13. The number of aromatic nitrogens is 4. The second-order valence-corrected chi connectivity index (χ2v) is 4.01. The van der Waals surface area contributed by atoms with E-state index in [9.17, 15) is 5.11 Å². The first-order valence-corrected chi connectivity index (χ1v) is 5.40. The molecule has 0 radical (unpaired) electrons. The Kier molecular flexibility index (Phi) is 3.27. The first-order chi connectivity index (χ1) is 7.25. The van der Waals surface area contributed by atoms with Gasteiger partial charge in [-0.05, 0) is 31.1 Å². The number of rotatable bonds is 3. The van der Waals surface area contributed by atoms with Crippen molar-refractivity contribution in [1.82, 2.24) is 25.1 Å². The van der Waals surface area contributed by atoms with Crippen LogP contribution in [0.1, 0.15) is 31.2 Å². The molecule has 6 heteroatoms. The summed E-state index contributed by atoms with van der Waals surface area (Å²) >= 11 is 0. The van der Waals surface area contributed by atoms with Crippen LogP contribution in [-0.4, -0.2) is 49.8 Å². The summed E-state index contributed by atoms with van der Waals surface area (Å²) in [7, 11) is 1.70. The molecular formula is C9H17N5O. The van der Waals surface area contributed by atoms with Gasteiger partial charge in [0.15, 0.2) is 0 Å². The first-order valence-electron chi connectivity index (χ1n) is 5.40. The molecule has 0 saturated carbocycles. The van der Waals surface area contributed by atoms with Crippen molar-refractivity contribution >= 4 is 0 Å². The summed E-state index contributed by atoms with van der Waals surface area (Å²) in [5.41, 5.74) is 0. The molecule has 1 N–H and O–H groups in total. The van der Waals surface area contributed by atoms with Crippen LogP contribution in [0.3, 0.4) is 0 Å². The van der Waals surface area contributed by atoms with Crippen molar-refractivity contribution in [1.29, 1.82) is 0 Å². The zero-order valence-electron chi connectivity index (χ0n) is 9.00. The molecule has 1 aliphatic heterocycles. The average molecular weight is 211 g/mol. The van der Waals surface area contributed by atoms with Gasteiger partial charge >= 0.3 is 0 Å². The molecule has 1 aliphatic rings. The summed E-state index contributed by atoms with van der Waals surface area (Å²) in [6, 6.07) is 0. The monoisotopic (exact) mass is 211 g/mol. The van der Waals surface area contributed by atoms with Gasteiger partial charge in [-0.1, -0.05) is 6.42 Å². The van der Waals surface area contributed by atoms with Gasteiger partial charge in [-0.3, -0.25) is 0 Å². The van der Waals surface area contributed by atoms with Crippen molar-refractivity contribution in [3.63, 3.8) is 0 Å². The Balaban J connectivity index is 1.88. The molecule has 0 amide bonds. The highest BCUT2D eigenvalue weighted by Gasteiger charge is 2.18. The van der Waals surface area contributed by atoms with E-state index in [4.69, 9.17) is 0 Å². The van der Waals surface area contributed by atoms with Gasteiger partial charge in [0.05, 0.1) is 7.05 Å². The molecule has 1 saturated heterocycles. The molecular weight excluding hydrogens is 194 g/mol. The molecule has 6 nitrogen and oxygen atoms in total. The Morgan fingerprint density at radius 2 is 2.07 bits per heavy atom. The standard InChI is InChI=1S/C9H17N5O/c1-13-11-9(10-12-13)8(15)7-14-5-3-2-4-6-14/h8,15H,2-7H2,1H3. The van der Waals surface area contributed by atoms with E-state index in [-0.39, 0.29) is 0 Å².